The van der Waals surface area contributed by atoms with Gasteiger partial charge in [0.1, 0.15) is 21.8 Å². The Labute approximate surface area is 130 Å². The maximum absolute atomic E-state index is 11.0. The third-order valence-corrected chi connectivity index (χ3v) is 3.17. The van der Waals surface area contributed by atoms with Crippen molar-refractivity contribution in [3.05, 3.63) is 18.0 Å². The number of nitrogens with one attached hydrogen (secondary N) is 1. The van der Waals surface area contributed by atoms with Gasteiger partial charge in [0.2, 0.25) is 0 Å². The van der Waals surface area contributed by atoms with Gasteiger partial charge >= 0.3 is 0 Å². The summed E-state index contributed by atoms with van der Waals surface area (Å²) in [5.41, 5.74) is 0.781. The molecule has 0 atom stereocenters. The largest absolute Gasteiger partial charge is 0.364 e. The Balaban J connectivity index is 0.00000324. The zero-order valence-electron chi connectivity index (χ0n) is 11.2. The lowest BCUT2D eigenvalue weighted by Crippen LogP contribution is -2.40. The number of aromatic nitrogens is 1. The lowest BCUT2D eigenvalue weighted by atomic mass is 10.4. The second-order valence-corrected chi connectivity index (χ2v) is 6.21. The number of aliphatic imine (C=N–C) groups is 1. The first kappa shape index (κ1) is 18.2. The van der Waals surface area contributed by atoms with Gasteiger partial charge in [0.05, 0.1) is 12.3 Å². The molecule has 0 fully saturated rings. The highest BCUT2D eigenvalue weighted by molar-refractivity contribution is 14.0. The summed E-state index contributed by atoms with van der Waals surface area (Å²) in [6.45, 7) is 0.865. The first-order valence-electron chi connectivity index (χ1n) is 5.41. The SMILES string of the molecule is CN=C(NCCS(C)(=O)=O)N(C)Cc1ccon1.I. The summed E-state index contributed by atoms with van der Waals surface area (Å²) >= 11 is 0. The molecule has 1 aromatic rings. The number of hydrogen-bond donors (Lipinski definition) is 1. The van der Waals surface area contributed by atoms with Crippen molar-refractivity contribution in [1.82, 2.24) is 15.4 Å². The molecule has 0 unspecified atom stereocenters. The fraction of sp³-hybridized carbons (Fsp3) is 0.600. The fourth-order valence-corrected chi connectivity index (χ4v) is 1.84. The van der Waals surface area contributed by atoms with Gasteiger partial charge in [-0.2, -0.15) is 0 Å². The molecular weight excluding hydrogens is 383 g/mol. The predicted octanol–water partition coefficient (Wildman–Crippen LogP) is 0.344. The van der Waals surface area contributed by atoms with Gasteiger partial charge in [-0.25, -0.2) is 8.42 Å². The van der Waals surface area contributed by atoms with E-state index in [-0.39, 0.29) is 29.7 Å². The van der Waals surface area contributed by atoms with Crippen molar-refractivity contribution in [3.8, 4) is 0 Å². The van der Waals surface area contributed by atoms with Crippen molar-refractivity contribution < 1.29 is 12.9 Å². The van der Waals surface area contributed by atoms with E-state index in [0.717, 1.165) is 5.69 Å². The molecule has 0 aromatic carbocycles. The van der Waals surface area contributed by atoms with E-state index in [4.69, 9.17) is 4.52 Å². The monoisotopic (exact) mass is 402 g/mol. The molecule has 9 heteroatoms. The van der Waals surface area contributed by atoms with Gasteiger partial charge in [-0.05, 0) is 0 Å². The first-order chi connectivity index (χ1) is 8.42. The maximum atomic E-state index is 11.0. The molecule has 0 bridgehead atoms. The van der Waals surface area contributed by atoms with Gasteiger partial charge in [-0.15, -0.1) is 24.0 Å². The highest BCUT2D eigenvalue weighted by Crippen LogP contribution is 1.99. The van der Waals surface area contributed by atoms with Crippen LogP contribution in [0.25, 0.3) is 0 Å². The van der Waals surface area contributed by atoms with Crippen LogP contribution in [0.4, 0.5) is 0 Å². The average Bonchev–Trinajstić information content (AvgIpc) is 2.75. The third kappa shape index (κ3) is 7.35. The molecule has 0 aliphatic carbocycles. The number of hydrogen-bond acceptors (Lipinski definition) is 5. The zero-order chi connectivity index (χ0) is 13.6. The Morgan fingerprint density at radius 2 is 2.26 bits per heavy atom. The summed E-state index contributed by atoms with van der Waals surface area (Å²) in [7, 11) is 0.512. The van der Waals surface area contributed by atoms with Gasteiger partial charge in [0, 0.05) is 33.0 Å². The molecule has 1 heterocycles. The van der Waals surface area contributed by atoms with Gasteiger partial charge in [-0.3, -0.25) is 4.99 Å². The van der Waals surface area contributed by atoms with Crippen molar-refractivity contribution >= 4 is 39.8 Å². The molecular formula is C10H19IN4O3S. The molecule has 0 amide bonds. The minimum Gasteiger partial charge on any atom is -0.364 e. The molecule has 0 saturated carbocycles. The lowest BCUT2D eigenvalue weighted by Gasteiger charge is -2.20. The highest BCUT2D eigenvalue weighted by Gasteiger charge is 2.09. The summed E-state index contributed by atoms with van der Waals surface area (Å²) in [5, 5.41) is 6.77. The topological polar surface area (TPSA) is 87.8 Å². The molecule has 19 heavy (non-hydrogen) atoms. The number of halogens is 1. The van der Waals surface area contributed by atoms with Crippen molar-refractivity contribution in [2.45, 2.75) is 6.54 Å². The third-order valence-electron chi connectivity index (χ3n) is 2.22. The predicted molar refractivity (Wildman–Crippen MR) is 84.5 cm³/mol. The lowest BCUT2D eigenvalue weighted by molar-refractivity contribution is 0.391. The fourth-order valence-electron chi connectivity index (χ4n) is 1.37. The van der Waals surface area contributed by atoms with Crippen LogP contribution < -0.4 is 5.32 Å². The van der Waals surface area contributed by atoms with Crippen molar-refractivity contribution in [2.24, 2.45) is 4.99 Å². The van der Waals surface area contributed by atoms with E-state index in [0.29, 0.717) is 19.0 Å². The molecule has 0 aliphatic heterocycles. The van der Waals surface area contributed by atoms with E-state index in [1.807, 2.05) is 11.9 Å². The second-order valence-electron chi connectivity index (χ2n) is 3.95. The summed E-state index contributed by atoms with van der Waals surface area (Å²) < 4.78 is 26.8. The average molecular weight is 402 g/mol. The molecule has 0 radical (unpaired) electrons. The van der Waals surface area contributed by atoms with Gasteiger partial charge < -0.3 is 14.7 Å². The summed E-state index contributed by atoms with van der Waals surface area (Å²) in [6.07, 6.45) is 2.71. The molecule has 1 rings (SSSR count). The highest BCUT2D eigenvalue weighted by atomic mass is 127. The minimum absolute atomic E-state index is 0. The molecule has 1 aromatic heterocycles. The Morgan fingerprint density at radius 3 is 2.74 bits per heavy atom. The van der Waals surface area contributed by atoms with Crippen LogP contribution in [0.15, 0.2) is 21.8 Å². The van der Waals surface area contributed by atoms with E-state index in [1.54, 1.807) is 13.1 Å². The summed E-state index contributed by atoms with van der Waals surface area (Å²) in [4.78, 5) is 5.90. The molecule has 110 valence electrons. The van der Waals surface area contributed by atoms with Gasteiger partial charge in [0.15, 0.2) is 5.96 Å². The van der Waals surface area contributed by atoms with Gasteiger partial charge in [0.25, 0.3) is 0 Å². The Bertz CT molecular complexity index is 487. The Morgan fingerprint density at radius 1 is 1.58 bits per heavy atom. The van der Waals surface area contributed by atoms with E-state index in [9.17, 15) is 8.42 Å². The number of nitrogens with zero attached hydrogens (tertiary/aromatic N) is 3. The maximum Gasteiger partial charge on any atom is 0.193 e. The molecule has 1 N–H and O–H groups in total. The first-order valence-corrected chi connectivity index (χ1v) is 7.47. The smallest absolute Gasteiger partial charge is 0.193 e. The Kier molecular flexibility index (Phi) is 7.99. The molecule has 0 spiro atoms. The number of guanidine groups is 1. The molecule has 0 aliphatic rings. The van der Waals surface area contributed by atoms with Crippen LogP contribution in [0.1, 0.15) is 5.69 Å². The van der Waals surface area contributed by atoms with Crippen LogP contribution >= 0.6 is 24.0 Å². The Hall–Kier alpha value is -0.840. The van der Waals surface area contributed by atoms with Crippen LogP contribution in [0.2, 0.25) is 0 Å². The standard InChI is InChI=1S/C10H18N4O3S.HI/c1-11-10(12-5-7-18(3,15)16)14(2)8-9-4-6-17-13-9;/h4,6H,5,7-8H2,1-3H3,(H,11,12);1H. The second kappa shape index (κ2) is 8.35. The molecule has 0 saturated heterocycles. The van der Waals surface area contributed by atoms with Crippen molar-refractivity contribution in [1.29, 1.82) is 0 Å². The van der Waals surface area contributed by atoms with Crippen molar-refractivity contribution in [2.75, 3.05) is 32.6 Å². The van der Waals surface area contributed by atoms with Gasteiger partial charge in [-0.1, -0.05) is 5.16 Å². The number of rotatable bonds is 5. The minimum atomic E-state index is -2.97. The van der Waals surface area contributed by atoms with E-state index in [1.165, 1.54) is 12.5 Å². The van der Waals surface area contributed by atoms with Crippen LogP contribution in [-0.2, 0) is 16.4 Å². The number of sulfone groups is 1. The van der Waals surface area contributed by atoms with E-state index >= 15 is 0 Å². The van der Waals surface area contributed by atoms with Crippen LogP contribution in [0.3, 0.4) is 0 Å². The van der Waals surface area contributed by atoms with Crippen molar-refractivity contribution in [3.63, 3.8) is 0 Å². The van der Waals surface area contributed by atoms with Crippen LogP contribution in [-0.4, -0.2) is 57.1 Å². The molecule has 7 nitrogen and oxygen atoms in total. The van der Waals surface area contributed by atoms with E-state index < -0.39 is 9.84 Å². The van der Waals surface area contributed by atoms with Crippen LogP contribution in [0, 0.1) is 0 Å². The normalized spacial score (nSPS) is 11.8. The van der Waals surface area contributed by atoms with Crippen LogP contribution in [0.5, 0.6) is 0 Å². The van der Waals surface area contributed by atoms with E-state index in [2.05, 4.69) is 15.5 Å². The zero-order valence-corrected chi connectivity index (χ0v) is 14.3. The summed E-state index contributed by atoms with van der Waals surface area (Å²) in [5.74, 6) is 0.686. The summed E-state index contributed by atoms with van der Waals surface area (Å²) in [6, 6.07) is 1.76. The quantitative estimate of drug-likeness (QED) is 0.435.